The fraction of sp³-hybridized carbons (Fsp3) is 0.667. The molecule has 2 fully saturated rings. The number of hydrogen-bond donors (Lipinski definition) is 1. The highest BCUT2D eigenvalue weighted by Crippen LogP contribution is 2.43. The normalized spacial score (nSPS) is 33.2. The first-order valence-electron chi connectivity index (χ1n) is 7.07. The van der Waals surface area contributed by atoms with Crippen molar-refractivity contribution in [3.63, 3.8) is 0 Å². The fourth-order valence-electron chi connectivity index (χ4n) is 3.30. The summed E-state index contributed by atoms with van der Waals surface area (Å²) < 4.78 is 24.7. The van der Waals surface area contributed by atoms with Crippen LogP contribution in [0.1, 0.15) is 31.7 Å². The zero-order valence-electron chi connectivity index (χ0n) is 11.6. The first kappa shape index (κ1) is 13.9. The zero-order valence-corrected chi connectivity index (χ0v) is 11.6. The first-order valence-corrected chi connectivity index (χ1v) is 7.07. The number of aromatic nitrogens is 1. The van der Waals surface area contributed by atoms with Crippen molar-refractivity contribution in [3.8, 4) is 0 Å². The van der Waals surface area contributed by atoms with Gasteiger partial charge in [-0.3, -0.25) is 4.98 Å². The fourth-order valence-corrected chi connectivity index (χ4v) is 3.30. The van der Waals surface area contributed by atoms with Crippen molar-refractivity contribution in [2.75, 3.05) is 19.8 Å². The van der Waals surface area contributed by atoms with E-state index in [1.165, 1.54) is 12.3 Å². The summed E-state index contributed by atoms with van der Waals surface area (Å²) in [6.07, 6.45) is 5.04. The second kappa shape index (κ2) is 5.06. The topological polar surface area (TPSA) is 51.6 Å². The lowest BCUT2D eigenvalue weighted by Gasteiger charge is -2.43. The van der Waals surface area contributed by atoms with Gasteiger partial charge in [-0.1, -0.05) is 0 Å². The molecular weight excluding hydrogens is 261 g/mol. The van der Waals surface area contributed by atoms with Gasteiger partial charge in [0, 0.05) is 31.4 Å². The summed E-state index contributed by atoms with van der Waals surface area (Å²) in [5.74, 6) is -0.407. The zero-order chi connectivity index (χ0) is 14.2. The molecule has 1 spiro atoms. The van der Waals surface area contributed by atoms with E-state index in [1.807, 2.05) is 0 Å². The van der Waals surface area contributed by atoms with E-state index in [-0.39, 0.29) is 11.5 Å². The van der Waals surface area contributed by atoms with Crippen molar-refractivity contribution in [2.24, 2.45) is 5.92 Å². The van der Waals surface area contributed by atoms with Gasteiger partial charge in [-0.25, -0.2) is 4.39 Å². The SMILES string of the molecule is CC(O)(c1cncc(F)c1)C1CCOC2(CCOC2)C1. The lowest BCUT2D eigenvalue weighted by molar-refractivity contribution is -0.141. The van der Waals surface area contributed by atoms with Crippen molar-refractivity contribution in [2.45, 2.75) is 37.4 Å². The highest BCUT2D eigenvalue weighted by atomic mass is 19.1. The molecule has 1 N–H and O–H groups in total. The van der Waals surface area contributed by atoms with Crippen LogP contribution in [-0.2, 0) is 15.1 Å². The third-order valence-electron chi connectivity index (χ3n) is 4.64. The van der Waals surface area contributed by atoms with Crippen LogP contribution >= 0.6 is 0 Å². The standard InChI is InChI=1S/C15H20FNO3/c1-14(18,12-6-13(16)9-17-8-12)11-2-4-20-15(7-11)3-5-19-10-15/h6,8-9,11,18H,2-5,7,10H2,1H3. The van der Waals surface area contributed by atoms with E-state index in [0.717, 1.165) is 25.5 Å². The molecule has 3 rings (SSSR count). The Morgan fingerprint density at radius 1 is 1.45 bits per heavy atom. The lowest BCUT2D eigenvalue weighted by atomic mass is 9.73. The molecule has 2 aliphatic rings. The Balaban J connectivity index is 1.83. The molecule has 3 atom stereocenters. The van der Waals surface area contributed by atoms with E-state index in [1.54, 1.807) is 6.92 Å². The third kappa shape index (κ3) is 2.45. The van der Waals surface area contributed by atoms with Gasteiger partial charge in [0.05, 0.1) is 24.0 Å². The largest absolute Gasteiger partial charge is 0.385 e. The van der Waals surface area contributed by atoms with Gasteiger partial charge in [-0.15, -0.1) is 0 Å². The van der Waals surface area contributed by atoms with Gasteiger partial charge < -0.3 is 14.6 Å². The Morgan fingerprint density at radius 3 is 3.00 bits per heavy atom. The average Bonchev–Trinajstić information content (AvgIpc) is 2.87. The number of ether oxygens (including phenoxy) is 2. The number of hydrogen-bond acceptors (Lipinski definition) is 4. The maximum atomic E-state index is 13.3. The van der Waals surface area contributed by atoms with Crippen LogP contribution in [0.2, 0.25) is 0 Å². The molecule has 2 saturated heterocycles. The van der Waals surface area contributed by atoms with E-state index < -0.39 is 11.4 Å². The van der Waals surface area contributed by atoms with Gasteiger partial charge >= 0.3 is 0 Å². The van der Waals surface area contributed by atoms with Crippen LogP contribution in [0, 0.1) is 11.7 Å². The van der Waals surface area contributed by atoms with Crippen LogP contribution in [0.5, 0.6) is 0 Å². The van der Waals surface area contributed by atoms with Crippen LogP contribution in [0.15, 0.2) is 18.5 Å². The van der Waals surface area contributed by atoms with E-state index in [4.69, 9.17) is 9.47 Å². The predicted molar refractivity (Wildman–Crippen MR) is 70.6 cm³/mol. The molecule has 4 nitrogen and oxygen atoms in total. The summed E-state index contributed by atoms with van der Waals surface area (Å²) in [5, 5.41) is 10.9. The Morgan fingerprint density at radius 2 is 2.30 bits per heavy atom. The van der Waals surface area contributed by atoms with Gasteiger partial charge in [-0.05, 0) is 31.7 Å². The maximum Gasteiger partial charge on any atom is 0.141 e. The third-order valence-corrected chi connectivity index (χ3v) is 4.64. The van der Waals surface area contributed by atoms with Crippen LogP contribution < -0.4 is 0 Å². The van der Waals surface area contributed by atoms with Crippen LogP contribution in [0.4, 0.5) is 4.39 Å². The second-order valence-corrected chi connectivity index (χ2v) is 6.06. The van der Waals surface area contributed by atoms with Gasteiger partial charge in [0.25, 0.3) is 0 Å². The highest BCUT2D eigenvalue weighted by Gasteiger charge is 2.46. The molecule has 3 heterocycles. The molecule has 1 aromatic heterocycles. The summed E-state index contributed by atoms with van der Waals surface area (Å²) >= 11 is 0. The van der Waals surface area contributed by atoms with Crippen LogP contribution in [0.25, 0.3) is 0 Å². The number of halogens is 1. The molecule has 0 saturated carbocycles. The number of nitrogens with zero attached hydrogens (tertiary/aromatic N) is 1. The van der Waals surface area contributed by atoms with Gasteiger partial charge in [0.15, 0.2) is 0 Å². The maximum absolute atomic E-state index is 13.3. The molecule has 2 aliphatic heterocycles. The molecular formula is C15H20FNO3. The highest BCUT2D eigenvalue weighted by molar-refractivity contribution is 5.20. The summed E-state index contributed by atoms with van der Waals surface area (Å²) in [7, 11) is 0. The molecule has 0 amide bonds. The second-order valence-electron chi connectivity index (χ2n) is 6.06. The lowest BCUT2D eigenvalue weighted by Crippen LogP contribution is -2.46. The molecule has 0 bridgehead atoms. The van der Waals surface area contributed by atoms with E-state index >= 15 is 0 Å². The molecule has 0 radical (unpaired) electrons. The van der Waals surface area contributed by atoms with E-state index in [2.05, 4.69) is 4.98 Å². The molecule has 3 unspecified atom stereocenters. The number of rotatable bonds is 2. The molecule has 20 heavy (non-hydrogen) atoms. The Hall–Kier alpha value is -1.04. The van der Waals surface area contributed by atoms with E-state index in [9.17, 15) is 9.50 Å². The van der Waals surface area contributed by atoms with Crippen molar-refractivity contribution < 1.29 is 19.0 Å². The Kier molecular flexibility index (Phi) is 3.52. The number of aliphatic hydroxyl groups is 1. The van der Waals surface area contributed by atoms with Crippen molar-refractivity contribution in [1.29, 1.82) is 0 Å². The first-order chi connectivity index (χ1) is 9.52. The summed E-state index contributed by atoms with van der Waals surface area (Å²) in [4.78, 5) is 3.84. The minimum absolute atomic E-state index is 0.0153. The smallest absolute Gasteiger partial charge is 0.141 e. The molecule has 110 valence electrons. The molecule has 5 heteroatoms. The van der Waals surface area contributed by atoms with Gasteiger partial charge in [0.1, 0.15) is 5.82 Å². The van der Waals surface area contributed by atoms with Crippen LogP contribution in [0.3, 0.4) is 0 Å². The minimum Gasteiger partial charge on any atom is -0.385 e. The summed E-state index contributed by atoms with van der Waals surface area (Å²) in [6, 6.07) is 1.36. The summed E-state index contributed by atoms with van der Waals surface area (Å²) in [6.45, 7) is 3.63. The monoisotopic (exact) mass is 281 g/mol. The Labute approximate surface area is 117 Å². The predicted octanol–water partition coefficient (Wildman–Crippen LogP) is 2.01. The van der Waals surface area contributed by atoms with Gasteiger partial charge in [-0.2, -0.15) is 0 Å². The van der Waals surface area contributed by atoms with Gasteiger partial charge in [0.2, 0.25) is 0 Å². The minimum atomic E-state index is -1.10. The van der Waals surface area contributed by atoms with Crippen molar-refractivity contribution in [3.05, 3.63) is 29.8 Å². The quantitative estimate of drug-likeness (QED) is 0.901. The van der Waals surface area contributed by atoms with Crippen LogP contribution in [-0.4, -0.2) is 35.5 Å². The molecule has 0 aliphatic carbocycles. The Bertz CT molecular complexity index is 486. The van der Waals surface area contributed by atoms with Crippen molar-refractivity contribution in [1.82, 2.24) is 4.98 Å². The van der Waals surface area contributed by atoms with Crippen molar-refractivity contribution >= 4 is 0 Å². The molecule has 1 aromatic rings. The number of pyridine rings is 1. The van der Waals surface area contributed by atoms with E-state index in [0.29, 0.717) is 25.4 Å². The average molecular weight is 281 g/mol. The summed E-state index contributed by atoms with van der Waals surface area (Å²) in [5.41, 5.74) is -0.847. The molecule has 0 aromatic carbocycles.